The van der Waals surface area contributed by atoms with Crippen LogP contribution in [0.3, 0.4) is 0 Å². The van der Waals surface area contributed by atoms with E-state index >= 15 is 0 Å². The molecule has 1 nitrogen and oxygen atoms in total. The summed E-state index contributed by atoms with van der Waals surface area (Å²) in [5, 5.41) is 0. The SMILES string of the molecule is C#CC(C#C)(C#C)CO[SiH3]. The van der Waals surface area contributed by atoms with Crippen LogP contribution in [0.5, 0.6) is 0 Å². The van der Waals surface area contributed by atoms with Crippen LogP contribution < -0.4 is 0 Å². The van der Waals surface area contributed by atoms with E-state index in [9.17, 15) is 0 Å². The molecule has 0 bridgehead atoms. The largest absolute Gasteiger partial charge is 0.424 e. The smallest absolute Gasteiger partial charge is 0.172 e. The second kappa shape index (κ2) is 3.80. The molecule has 0 fully saturated rings. The van der Waals surface area contributed by atoms with Gasteiger partial charge in [0.25, 0.3) is 0 Å². The van der Waals surface area contributed by atoms with Crippen LogP contribution in [0.4, 0.5) is 0 Å². The molecular formula is C8H8OSi. The van der Waals surface area contributed by atoms with Crippen molar-refractivity contribution in [2.24, 2.45) is 5.41 Å². The van der Waals surface area contributed by atoms with E-state index in [1.165, 1.54) is 0 Å². The van der Waals surface area contributed by atoms with E-state index < -0.39 is 5.41 Å². The molecule has 0 saturated heterocycles. The molecule has 0 saturated carbocycles. The third-order valence-electron chi connectivity index (χ3n) is 1.10. The Morgan fingerprint density at radius 3 is 1.70 bits per heavy atom. The predicted molar refractivity (Wildman–Crippen MR) is 44.8 cm³/mol. The molecule has 0 aromatic rings. The fourth-order valence-corrected chi connectivity index (χ4v) is 0.900. The van der Waals surface area contributed by atoms with Crippen LogP contribution in [-0.4, -0.2) is 17.1 Å². The highest BCUT2D eigenvalue weighted by molar-refractivity contribution is 5.98. The van der Waals surface area contributed by atoms with E-state index in [1.54, 1.807) is 0 Å². The molecule has 0 aliphatic heterocycles. The van der Waals surface area contributed by atoms with Crippen molar-refractivity contribution in [2.45, 2.75) is 0 Å². The summed E-state index contributed by atoms with van der Waals surface area (Å²) in [6.07, 6.45) is 15.3. The molecule has 0 N–H and O–H groups in total. The van der Waals surface area contributed by atoms with Gasteiger partial charge in [0.2, 0.25) is 0 Å². The first-order chi connectivity index (χ1) is 4.74. The van der Waals surface area contributed by atoms with E-state index in [0.717, 1.165) is 0 Å². The van der Waals surface area contributed by atoms with Crippen molar-refractivity contribution in [1.82, 2.24) is 0 Å². The lowest BCUT2D eigenvalue weighted by Gasteiger charge is -2.13. The summed E-state index contributed by atoms with van der Waals surface area (Å²) in [6, 6.07) is 0. The molecule has 0 aliphatic carbocycles. The highest BCUT2D eigenvalue weighted by atomic mass is 28.2. The quantitative estimate of drug-likeness (QED) is 0.367. The molecule has 2 heteroatoms. The molecule has 50 valence electrons. The molecule has 0 unspecified atom stereocenters. The fourth-order valence-electron chi connectivity index (χ4n) is 0.467. The molecule has 0 spiro atoms. The maximum Gasteiger partial charge on any atom is 0.172 e. The maximum atomic E-state index is 5.12. The van der Waals surface area contributed by atoms with E-state index in [4.69, 9.17) is 23.7 Å². The number of hydrogen-bond donors (Lipinski definition) is 0. The van der Waals surface area contributed by atoms with Crippen LogP contribution in [0.2, 0.25) is 0 Å². The third-order valence-corrected chi connectivity index (χ3v) is 1.39. The van der Waals surface area contributed by atoms with Gasteiger partial charge in [0, 0.05) is 0 Å². The molecule has 0 radical (unpaired) electrons. The minimum Gasteiger partial charge on any atom is -0.424 e. The van der Waals surface area contributed by atoms with Gasteiger partial charge < -0.3 is 4.43 Å². The molecule has 0 amide bonds. The van der Waals surface area contributed by atoms with Crippen LogP contribution in [0, 0.1) is 42.4 Å². The van der Waals surface area contributed by atoms with Gasteiger partial charge >= 0.3 is 0 Å². The van der Waals surface area contributed by atoms with Gasteiger partial charge in [0.1, 0.15) is 10.5 Å². The van der Waals surface area contributed by atoms with Crippen molar-refractivity contribution in [3.8, 4) is 37.0 Å². The monoisotopic (exact) mass is 148 g/mol. The van der Waals surface area contributed by atoms with Crippen molar-refractivity contribution in [1.29, 1.82) is 0 Å². The minimum atomic E-state index is -0.929. The minimum absolute atomic E-state index is 0.267. The summed E-state index contributed by atoms with van der Waals surface area (Å²) in [5.74, 6) is 7.02. The van der Waals surface area contributed by atoms with Crippen LogP contribution in [0.15, 0.2) is 0 Å². The summed E-state index contributed by atoms with van der Waals surface area (Å²) in [4.78, 5) is 0. The normalized spacial score (nSPS) is 9.30. The topological polar surface area (TPSA) is 9.23 Å². The molecule has 0 aliphatic rings. The molecule has 0 aromatic heterocycles. The van der Waals surface area contributed by atoms with E-state index in [2.05, 4.69) is 17.8 Å². The average molecular weight is 148 g/mol. The Hall–Kier alpha value is -1.14. The fraction of sp³-hybridized carbons (Fsp3) is 0.250. The molecular weight excluding hydrogens is 140 g/mol. The second-order valence-electron chi connectivity index (χ2n) is 1.77. The van der Waals surface area contributed by atoms with Gasteiger partial charge in [-0.05, 0) is 0 Å². The van der Waals surface area contributed by atoms with Crippen LogP contribution in [-0.2, 0) is 4.43 Å². The van der Waals surface area contributed by atoms with E-state index in [0.29, 0.717) is 10.5 Å². The van der Waals surface area contributed by atoms with Crippen molar-refractivity contribution in [2.75, 3.05) is 6.61 Å². The summed E-state index contributed by atoms with van der Waals surface area (Å²) < 4.78 is 4.89. The Morgan fingerprint density at radius 2 is 1.60 bits per heavy atom. The van der Waals surface area contributed by atoms with Crippen LogP contribution in [0.1, 0.15) is 0 Å². The van der Waals surface area contributed by atoms with Crippen LogP contribution >= 0.6 is 0 Å². The predicted octanol–water partition coefficient (Wildman–Crippen LogP) is -0.831. The summed E-state index contributed by atoms with van der Waals surface area (Å²) in [7, 11) is 0.597. The average Bonchev–Trinajstić information content (AvgIpc) is 2.01. The zero-order chi connectivity index (χ0) is 8.04. The maximum absolute atomic E-state index is 5.12. The Morgan fingerprint density at radius 1 is 1.20 bits per heavy atom. The van der Waals surface area contributed by atoms with Gasteiger partial charge in [-0.3, -0.25) is 0 Å². The molecule has 0 heterocycles. The van der Waals surface area contributed by atoms with Crippen molar-refractivity contribution < 1.29 is 4.43 Å². The lowest BCUT2D eigenvalue weighted by Crippen LogP contribution is -2.20. The second-order valence-corrected chi connectivity index (χ2v) is 2.35. The van der Waals surface area contributed by atoms with Crippen molar-refractivity contribution in [3.63, 3.8) is 0 Å². The van der Waals surface area contributed by atoms with E-state index in [1.807, 2.05) is 0 Å². The lowest BCUT2D eigenvalue weighted by atomic mass is 9.93. The summed E-state index contributed by atoms with van der Waals surface area (Å²) >= 11 is 0. The first-order valence-corrected chi connectivity index (χ1v) is 3.48. The van der Waals surface area contributed by atoms with Gasteiger partial charge in [-0.15, -0.1) is 19.3 Å². The Balaban J connectivity index is 4.45. The summed E-state index contributed by atoms with van der Waals surface area (Å²) in [5.41, 5.74) is -0.929. The van der Waals surface area contributed by atoms with Gasteiger partial charge in [-0.2, -0.15) is 0 Å². The summed E-state index contributed by atoms with van der Waals surface area (Å²) in [6.45, 7) is 0.267. The highest BCUT2D eigenvalue weighted by Crippen LogP contribution is 2.11. The Bertz CT molecular complexity index is 187. The van der Waals surface area contributed by atoms with Gasteiger partial charge in [0.05, 0.1) is 6.61 Å². The standard InChI is InChI=1S/C8H8OSi/c1-4-8(5-2,6-3)7-9-10/h1-3H,7H2,10H3. The molecule has 0 aromatic carbocycles. The van der Waals surface area contributed by atoms with Gasteiger partial charge in [-0.25, -0.2) is 0 Å². The number of rotatable bonds is 2. The van der Waals surface area contributed by atoms with Gasteiger partial charge in [-0.1, -0.05) is 17.8 Å². The zero-order valence-corrected chi connectivity index (χ0v) is 7.85. The van der Waals surface area contributed by atoms with Crippen molar-refractivity contribution in [3.05, 3.63) is 0 Å². The highest BCUT2D eigenvalue weighted by Gasteiger charge is 2.20. The van der Waals surface area contributed by atoms with E-state index in [-0.39, 0.29) is 6.61 Å². The van der Waals surface area contributed by atoms with Gasteiger partial charge in [0.15, 0.2) is 5.41 Å². The van der Waals surface area contributed by atoms with Crippen LogP contribution in [0.25, 0.3) is 0 Å². The molecule has 10 heavy (non-hydrogen) atoms. The Kier molecular flexibility index (Phi) is 3.37. The molecule has 0 rings (SSSR count). The lowest BCUT2D eigenvalue weighted by molar-refractivity contribution is 0.302. The third kappa shape index (κ3) is 1.67. The number of terminal acetylenes is 3. The Labute approximate surface area is 64.7 Å². The first kappa shape index (κ1) is 8.86. The molecule has 0 atom stereocenters. The number of hydrogen-bond acceptors (Lipinski definition) is 1. The van der Waals surface area contributed by atoms with Crippen molar-refractivity contribution >= 4 is 10.5 Å². The first-order valence-electron chi connectivity index (χ1n) is 2.67. The zero-order valence-electron chi connectivity index (χ0n) is 5.85.